The molecule has 0 spiro atoms. The number of hydrogen-bond acceptors (Lipinski definition) is 3. The van der Waals surface area contributed by atoms with Gasteiger partial charge in [-0.1, -0.05) is 64.5 Å². The van der Waals surface area contributed by atoms with E-state index < -0.39 is 17.4 Å². The van der Waals surface area contributed by atoms with Crippen molar-refractivity contribution < 1.29 is 14.7 Å². The summed E-state index contributed by atoms with van der Waals surface area (Å²) in [6.07, 6.45) is 0. The first-order valence-corrected chi connectivity index (χ1v) is 10.5. The third kappa shape index (κ3) is 2.57. The van der Waals surface area contributed by atoms with E-state index in [4.69, 9.17) is 0 Å². The Labute approximate surface area is 182 Å². The van der Waals surface area contributed by atoms with Gasteiger partial charge in [-0.15, -0.1) is 0 Å². The maximum atomic E-state index is 13.7. The van der Waals surface area contributed by atoms with Gasteiger partial charge in [-0.3, -0.25) is 9.59 Å². The molecule has 30 heavy (non-hydrogen) atoms. The fourth-order valence-electron chi connectivity index (χ4n) is 4.57. The number of anilines is 2. The van der Waals surface area contributed by atoms with Crippen molar-refractivity contribution in [3.63, 3.8) is 0 Å². The molecule has 6 heteroatoms. The molecule has 1 N–H and O–H groups in total. The molecule has 2 amide bonds. The molecule has 5 rings (SSSR count). The molecule has 2 aliphatic heterocycles. The summed E-state index contributed by atoms with van der Waals surface area (Å²) >= 11 is 3.45. The number of benzene rings is 3. The van der Waals surface area contributed by atoms with E-state index in [0.717, 1.165) is 10.0 Å². The highest BCUT2D eigenvalue weighted by molar-refractivity contribution is 9.10. The summed E-state index contributed by atoms with van der Waals surface area (Å²) in [6.45, 7) is 0.321. The van der Waals surface area contributed by atoms with E-state index in [1.54, 1.807) is 24.1 Å². The van der Waals surface area contributed by atoms with Gasteiger partial charge in [-0.05, 0) is 35.4 Å². The standard InChI is InChI=1S/C24H19BrN2O3/c1-26-19-12-11-16(25)13-17(19)21(22(26)28)24(30)18-9-5-6-10-20(18)27(23(24)29)14-15-7-3-2-4-8-15/h2-13,21,30H,14H2,1H3/t21-,24+/m1/s1. The molecule has 0 radical (unpaired) electrons. The number of carbonyl (C=O) groups excluding carboxylic acids is 2. The largest absolute Gasteiger partial charge is 0.374 e. The summed E-state index contributed by atoms with van der Waals surface area (Å²) in [5.41, 5.74) is 1.42. The molecule has 2 heterocycles. The number of hydrogen-bond donors (Lipinski definition) is 1. The average molecular weight is 463 g/mol. The van der Waals surface area contributed by atoms with E-state index in [0.29, 0.717) is 29.0 Å². The maximum Gasteiger partial charge on any atom is 0.265 e. The van der Waals surface area contributed by atoms with Gasteiger partial charge >= 0.3 is 0 Å². The van der Waals surface area contributed by atoms with E-state index in [9.17, 15) is 14.7 Å². The van der Waals surface area contributed by atoms with Gasteiger partial charge in [-0.25, -0.2) is 0 Å². The van der Waals surface area contributed by atoms with Crippen molar-refractivity contribution in [3.8, 4) is 0 Å². The fourth-order valence-corrected chi connectivity index (χ4v) is 4.95. The summed E-state index contributed by atoms with van der Waals surface area (Å²) in [4.78, 5) is 30.1. The number of rotatable bonds is 3. The molecule has 3 aromatic carbocycles. The van der Waals surface area contributed by atoms with Crippen molar-refractivity contribution in [1.82, 2.24) is 0 Å². The van der Waals surface area contributed by atoms with E-state index in [2.05, 4.69) is 15.9 Å². The van der Waals surface area contributed by atoms with E-state index in [1.807, 2.05) is 60.7 Å². The Morgan fingerprint density at radius 2 is 1.67 bits per heavy atom. The van der Waals surface area contributed by atoms with E-state index in [-0.39, 0.29) is 5.91 Å². The minimum absolute atomic E-state index is 0.296. The highest BCUT2D eigenvalue weighted by atomic mass is 79.9. The molecular formula is C24H19BrN2O3. The number of fused-ring (bicyclic) bond motifs is 2. The summed E-state index contributed by atoms with van der Waals surface area (Å²) in [7, 11) is 1.67. The van der Waals surface area contributed by atoms with Crippen LogP contribution in [0.1, 0.15) is 22.6 Å². The Kier molecular flexibility index (Phi) is 4.31. The van der Waals surface area contributed by atoms with Gasteiger partial charge in [0.2, 0.25) is 5.91 Å². The van der Waals surface area contributed by atoms with Crippen LogP contribution in [-0.4, -0.2) is 24.0 Å². The average Bonchev–Trinajstić information content (AvgIpc) is 3.12. The topological polar surface area (TPSA) is 60.9 Å². The molecule has 0 aliphatic carbocycles. The Bertz CT molecular complexity index is 1180. The number of nitrogens with zero attached hydrogens (tertiary/aromatic N) is 2. The Balaban J connectivity index is 1.67. The smallest absolute Gasteiger partial charge is 0.265 e. The molecular weight excluding hydrogens is 444 g/mol. The van der Waals surface area contributed by atoms with Crippen LogP contribution in [-0.2, 0) is 21.7 Å². The summed E-state index contributed by atoms with van der Waals surface area (Å²) < 4.78 is 0.790. The van der Waals surface area contributed by atoms with Crippen molar-refractivity contribution in [2.24, 2.45) is 0 Å². The van der Waals surface area contributed by atoms with Crippen LogP contribution in [0.15, 0.2) is 77.3 Å². The number of amides is 2. The zero-order chi connectivity index (χ0) is 21.0. The number of para-hydroxylation sites is 1. The lowest BCUT2D eigenvalue weighted by Gasteiger charge is -2.28. The van der Waals surface area contributed by atoms with Gasteiger partial charge < -0.3 is 14.9 Å². The van der Waals surface area contributed by atoms with Gasteiger partial charge in [0.25, 0.3) is 5.91 Å². The minimum atomic E-state index is -1.97. The number of carbonyl (C=O) groups is 2. The highest BCUT2D eigenvalue weighted by Crippen LogP contribution is 2.53. The van der Waals surface area contributed by atoms with Crippen LogP contribution in [0.4, 0.5) is 11.4 Å². The van der Waals surface area contributed by atoms with Crippen molar-refractivity contribution in [3.05, 3.63) is 94.0 Å². The van der Waals surface area contributed by atoms with Crippen LogP contribution in [0.25, 0.3) is 0 Å². The molecule has 0 saturated carbocycles. The zero-order valence-corrected chi connectivity index (χ0v) is 17.8. The van der Waals surface area contributed by atoms with Crippen LogP contribution in [0.2, 0.25) is 0 Å². The number of aliphatic hydroxyl groups is 1. The predicted octanol–water partition coefficient (Wildman–Crippen LogP) is 3.94. The van der Waals surface area contributed by atoms with Gasteiger partial charge in [0.15, 0.2) is 5.60 Å². The third-order valence-corrected chi connectivity index (χ3v) is 6.51. The van der Waals surface area contributed by atoms with Crippen LogP contribution >= 0.6 is 15.9 Å². The molecule has 0 saturated heterocycles. The first-order chi connectivity index (χ1) is 14.4. The summed E-state index contributed by atoms with van der Waals surface area (Å²) in [5, 5.41) is 11.9. The summed E-state index contributed by atoms with van der Waals surface area (Å²) in [6, 6.07) is 22.3. The SMILES string of the molecule is CN1C(=O)[C@H]([C@]2(O)C(=O)N(Cc3ccccc3)c3ccccc32)c2cc(Br)ccc21. The maximum absolute atomic E-state index is 13.7. The number of halogens is 1. The molecule has 150 valence electrons. The van der Waals surface area contributed by atoms with Gasteiger partial charge in [0.05, 0.1) is 12.2 Å². The van der Waals surface area contributed by atoms with Crippen LogP contribution in [0.3, 0.4) is 0 Å². The lowest BCUT2D eigenvalue weighted by Crippen LogP contribution is -2.47. The summed E-state index contributed by atoms with van der Waals surface area (Å²) in [5.74, 6) is -1.79. The molecule has 5 nitrogen and oxygen atoms in total. The van der Waals surface area contributed by atoms with Gasteiger partial charge in [-0.2, -0.15) is 0 Å². The van der Waals surface area contributed by atoms with E-state index >= 15 is 0 Å². The third-order valence-electron chi connectivity index (χ3n) is 6.02. The first kappa shape index (κ1) is 19.0. The second-order valence-electron chi connectivity index (χ2n) is 7.69. The van der Waals surface area contributed by atoms with Crippen molar-refractivity contribution in [2.75, 3.05) is 16.8 Å². The van der Waals surface area contributed by atoms with E-state index in [1.165, 1.54) is 4.90 Å². The monoisotopic (exact) mass is 462 g/mol. The molecule has 0 fully saturated rings. The van der Waals surface area contributed by atoms with Crippen LogP contribution in [0.5, 0.6) is 0 Å². The molecule has 2 atom stereocenters. The lowest BCUT2D eigenvalue weighted by molar-refractivity contribution is -0.144. The quantitative estimate of drug-likeness (QED) is 0.640. The normalized spacial score (nSPS) is 22.4. The van der Waals surface area contributed by atoms with Crippen molar-refractivity contribution in [1.29, 1.82) is 0 Å². The number of likely N-dealkylation sites (N-methyl/N-ethyl adjacent to an activating group) is 1. The molecule has 2 aliphatic rings. The second-order valence-corrected chi connectivity index (χ2v) is 8.61. The second kappa shape index (κ2) is 6.79. The zero-order valence-electron chi connectivity index (χ0n) is 16.2. The Hall–Kier alpha value is -2.96. The highest BCUT2D eigenvalue weighted by Gasteiger charge is 2.60. The molecule has 3 aromatic rings. The molecule has 0 unspecified atom stereocenters. The van der Waals surface area contributed by atoms with Crippen LogP contribution in [0, 0.1) is 0 Å². The first-order valence-electron chi connectivity index (χ1n) is 9.67. The minimum Gasteiger partial charge on any atom is -0.374 e. The van der Waals surface area contributed by atoms with Crippen molar-refractivity contribution >= 4 is 39.1 Å². The molecule has 0 aromatic heterocycles. The molecule has 0 bridgehead atoms. The van der Waals surface area contributed by atoms with Gasteiger partial charge in [0, 0.05) is 22.8 Å². The van der Waals surface area contributed by atoms with Gasteiger partial charge in [0.1, 0.15) is 5.92 Å². The fraction of sp³-hybridized carbons (Fsp3) is 0.167. The Morgan fingerprint density at radius 3 is 2.43 bits per heavy atom. The lowest BCUT2D eigenvalue weighted by atomic mass is 9.78. The van der Waals surface area contributed by atoms with Crippen molar-refractivity contribution in [2.45, 2.75) is 18.1 Å². The Morgan fingerprint density at radius 1 is 0.967 bits per heavy atom. The predicted molar refractivity (Wildman–Crippen MR) is 118 cm³/mol. The van der Waals surface area contributed by atoms with Crippen LogP contribution < -0.4 is 9.80 Å².